The Bertz CT molecular complexity index is 871. The predicted octanol–water partition coefficient (Wildman–Crippen LogP) is 3.29. The van der Waals surface area contributed by atoms with Crippen molar-refractivity contribution in [3.05, 3.63) is 54.0 Å². The van der Waals surface area contributed by atoms with E-state index in [1.54, 1.807) is 19.2 Å². The Morgan fingerprint density at radius 2 is 2.04 bits per heavy atom. The van der Waals surface area contributed by atoms with Gasteiger partial charge in [0, 0.05) is 32.3 Å². The summed E-state index contributed by atoms with van der Waals surface area (Å²) < 4.78 is 10.4. The predicted molar refractivity (Wildman–Crippen MR) is 93.4 cm³/mol. The van der Waals surface area contributed by atoms with Gasteiger partial charge in [-0.3, -0.25) is 4.79 Å². The van der Waals surface area contributed by atoms with E-state index in [1.165, 1.54) is 0 Å². The second-order valence-corrected chi connectivity index (χ2v) is 5.62. The van der Waals surface area contributed by atoms with Gasteiger partial charge in [0.15, 0.2) is 5.76 Å². The number of carbonyl (C=O) groups excluding carboxylic acids is 1. The van der Waals surface area contributed by atoms with E-state index >= 15 is 0 Å². The van der Waals surface area contributed by atoms with E-state index in [9.17, 15) is 4.79 Å². The van der Waals surface area contributed by atoms with Crippen LogP contribution in [0.5, 0.6) is 0 Å². The Morgan fingerprint density at radius 1 is 1.21 bits per heavy atom. The summed E-state index contributed by atoms with van der Waals surface area (Å²) in [5.41, 5.74) is 1.57. The van der Waals surface area contributed by atoms with E-state index in [-0.39, 0.29) is 11.7 Å². The molecule has 124 valence electrons. The number of nitrogens with zero attached hydrogens (tertiary/aromatic N) is 2. The fourth-order valence-electron chi connectivity index (χ4n) is 2.35. The Hall–Kier alpha value is -2.86. The molecule has 1 amide bonds. The van der Waals surface area contributed by atoms with Crippen molar-refractivity contribution in [2.45, 2.75) is 6.61 Å². The fraction of sp³-hybridized carbons (Fsp3) is 0.222. The number of nitrogens with one attached hydrogen (secondary N) is 1. The molecule has 1 aromatic carbocycles. The number of carbonyl (C=O) groups is 1. The summed E-state index contributed by atoms with van der Waals surface area (Å²) in [4.78, 5) is 18.7. The highest BCUT2D eigenvalue weighted by Gasteiger charge is 2.12. The maximum Gasteiger partial charge on any atom is 0.291 e. The second kappa shape index (κ2) is 6.72. The third kappa shape index (κ3) is 3.38. The molecule has 0 aliphatic rings. The van der Waals surface area contributed by atoms with Crippen LogP contribution in [0.25, 0.3) is 10.9 Å². The average molecular weight is 325 g/mol. The molecule has 0 bridgehead atoms. The lowest BCUT2D eigenvalue weighted by Crippen LogP contribution is -2.11. The topological polar surface area (TPSA) is 67.6 Å². The first kappa shape index (κ1) is 16.0. The monoisotopic (exact) mass is 325 g/mol. The number of aromatic nitrogens is 1. The number of rotatable bonds is 5. The van der Waals surface area contributed by atoms with Crippen LogP contribution in [-0.4, -0.2) is 32.1 Å². The van der Waals surface area contributed by atoms with E-state index < -0.39 is 0 Å². The Balaban J connectivity index is 1.79. The van der Waals surface area contributed by atoms with Gasteiger partial charge in [0.25, 0.3) is 5.91 Å². The Morgan fingerprint density at radius 3 is 2.79 bits per heavy atom. The maximum atomic E-state index is 12.2. The van der Waals surface area contributed by atoms with Gasteiger partial charge >= 0.3 is 0 Å². The zero-order valence-corrected chi connectivity index (χ0v) is 13.9. The van der Waals surface area contributed by atoms with Crippen molar-refractivity contribution in [1.29, 1.82) is 0 Å². The molecular weight excluding hydrogens is 306 g/mol. The van der Waals surface area contributed by atoms with Crippen molar-refractivity contribution in [1.82, 2.24) is 4.98 Å². The molecule has 0 spiro atoms. The Labute approximate surface area is 140 Å². The van der Waals surface area contributed by atoms with Gasteiger partial charge in [-0.05, 0) is 42.5 Å². The minimum absolute atomic E-state index is 0.253. The summed E-state index contributed by atoms with van der Waals surface area (Å²) in [7, 11) is 5.47. The van der Waals surface area contributed by atoms with Crippen molar-refractivity contribution in [3.63, 3.8) is 0 Å². The quantitative estimate of drug-likeness (QED) is 0.779. The molecule has 3 aromatic rings. The highest BCUT2D eigenvalue weighted by atomic mass is 16.5. The molecule has 0 saturated carbocycles. The van der Waals surface area contributed by atoms with Crippen LogP contribution < -0.4 is 10.2 Å². The van der Waals surface area contributed by atoms with Crippen molar-refractivity contribution >= 4 is 28.3 Å². The molecule has 0 radical (unpaired) electrons. The summed E-state index contributed by atoms with van der Waals surface area (Å²) in [5, 5.41) is 3.79. The molecular formula is C18H19N3O3. The van der Waals surface area contributed by atoms with E-state index in [2.05, 4.69) is 10.3 Å². The van der Waals surface area contributed by atoms with Crippen LogP contribution in [0.2, 0.25) is 0 Å². The summed E-state index contributed by atoms with van der Waals surface area (Å²) in [6, 6.07) is 12.9. The van der Waals surface area contributed by atoms with Gasteiger partial charge < -0.3 is 19.4 Å². The van der Waals surface area contributed by atoms with Crippen molar-refractivity contribution in [3.8, 4) is 0 Å². The SMILES string of the molecule is COCc1ccc(C(=O)Nc2ccc3nc(N(C)C)ccc3c2)o1. The molecule has 1 N–H and O–H groups in total. The number of pyridine rings is 1. The zero-order valence-electron chi connectivity index (χ0n) is 13.9. The van der Waals surface area contributed by atoms with E-state index in [0.717, 1.165) is 16.7 Å². The molecule has 6 heteroatoms. The number of methoxy groups -OCH3 is 1. The van der Waals surface area contributed by atoms with Crippen LogP contribution in [0.3, 0.4) is 0 Å². The van der Waals surface area contributed by atoms with Gasteiger partial charge in [-0.15, -0.1) is 0 Å². The van der Waals surface area contributed by atoms with Crippen molar-refractivity contribution in [2.24, 2.45) is 0 Å². The first-order valence-electron chi connectivity index (χ1n) is 7.54. The summed E-state index contributed by atoms with van der Waals surface area (Å²) in [6.45, 7) is 0.336. The lowest BCUT2D eigenvalue weighted by Gasteiger charge is -2.12. The number of benzene rings is 1. The number of furan rings is 1. The minimum Gasteiger partial charge on any atom is -0.453 e. The van der Waals surface area contributed by atoms with Crippen LogP contribution in [0, 0.1) is 0 Å². The highest BCUT2D eigenvalue weighted by Crippen LogP contribution is 2.21. The van der Waals surface area contributed by atoms with Crippen molar-refractivity contribution in [2.75, 3.05) is 31.4 Å². The maximum absolute atomic E-state index is 12.2. The van der Waals surface area contributed by atoms with E-state index in [4.69, 9.17) is 9.15 Å². The molecule has 2 aromatic heterocycles. The highest BCUT2D eigenvalue weighted by molar-refractivity contribution is 6.03. The smallest absolute Gasteiger partial charge is 0.291 e. The summed E-state index contributed by atoms with van der Waals surface area (Å²) in [6.07, 6.45) is 0. The lowest BCUT2D eigenvalue weighted by molar-refractivity contribution is 0.0987. The van der Waals surface area contributed by atoms with Gasteiger partial charge in [0.05, 0.1) is 5.52 Å². The number of anilines is 2. The third-order valence-electron chi connectivity index (χ3n) is 3.56. The number of ether oxygens (including phenoxy) is 1. The number of hydrogen-bond acceptors (Lipinski definition) is 5. The molecule has 2 heterocycles. The standard InChI is InChI=1S/C18H19N3O3/c1-21(2)17-9-4-12-10-13(5-7-15(12)20-17)19-18(22)16-8-6-14(24-16)11-23-3/h4-10H,11H2,1-3H3,(H,19,22). The van der Waals surface area contributed by atoms with Gasteiger partial charge in [0.2, 0.25) is 0 Å². The first-order chi connectivity index (χ1) is 11.6. The van der Waals surface area contributed by atoms with Gasteiger partial charge in [0.1, 0.15) is 18.2 Å². The number of amides is 1. The lowest BCUT2D eigenvalue weighted by atomic mass is 10.2. The molecule has 0 atom stereocenters. The third-order valence-corrected chi connectivity index (χ3v) is 3.56. The van der Waals surface area contributed by atoms with E-state index in [0.29, 0.717) is 18.1 Å². The number of fused-ring (bicyclic) bond motifs is 1. The average Bonchev–Trinajstić information content (AvgIpc) is 3.03. The normalized spacial score (nSPS) is 10.8. The molecule has 0 fully saturated rings. The summed E-state index contributed by atoms with van der Waals surface area (Å²) in [5.74, 6) is 1.46. The second-order valence-electron chi connectivity index (χ2n) is 5.62. The fourth-order valence-corrected chi connectivity index (χ4v) is 2.35. The molecule has 6 nitrogen and oxygen atoms in total. The first-order valence-corrected chi connectivity index (χ1v) is 7.54. The van der Waals surface area contributed by atoms with Crippen LogP contribution in [0.1, 0.15) is 16.3 Å². The molecule has 3 rings (SSSR count). The molecule has 0 aliphatic carbocycles. The van der Waals surface area contributed by atoms with Crippen LogP contribution >= 0.6 is 0 Å². The largest absolute Gasteiger partial charge is 0.453 e. The number of hydrogen-bond donors (Lipinski definition) is 1. The van der Waals surface area contributed by atoms with E-state index in [1.807, 2.05) is 49.3 Å². The molecule has 24 heavy (non-hydrogen) atoms. The van der Waals surface area contributed by atoms with Crippen LogP contribution in [0.4, 0.5) is 11.5 Å². The van der Waals surface area contributed by atoms with Crippen molar-refractivity contribution < 1.29 is 13.9 Å². The zero-order chi connectivity index (χ0) is 17.1. The summed E-state index contributed by atoms with van der Waals surface area (Å²) >= 11 is 0. The molecule has 0 saturated heterocycles. The van der Waals surface area contributed by atoms with Crippen LogP contribution in [0.15, 0.2) is 46.9 Å². The van der Waals surface area contributed by atoms with Crippen LogP contribution in [-0.2, 0) is 11.3 Å². The van der Waals surface area contributed by atoms with Gasteiger partial charge in [-0.25, -0.2) is 4.98 Å². The minimum atomic E-state index is -0.297. The van der Waals surface area contributed by atoms with Gasteiger partial charge in [-0.1, -0.05) is 0 Å². The Kier molecular flexibility index (Phi) is 4.48. The molecule has 0 aliphatic heterocycles. The van der Waals surface area contributed by atoms with Gasteiger partial charge in [-0.2, -0.15) is 0 Å². The molecule has 0 unspecified atom stereocenters.